The van der Waals surface area contributed by atoms with E-state index in [-0.39, 0.29) is 12.3 Å². The monoisotopic (exact) mass is 430 g/mol. The molecule has 0 atom stereocenters. The summed E-state index contributed by atoms with van der Waals surface area (Å²) in [7, 11) is -1.31. The quantitative estimate of drug-likeness (QED) is 0.534. The van der Waals surface area contributed by atoms with Crippen molar-refractivity contribution in [3.05, 3.63) is 56.5 Å². The minimum absolute atomic E-state index is 0.0892. The smallest absolute Gasteiger partial charge is 0.293 e. The van der Waals surface area contributed by atoms with Crippen LogP contribution >= 0.6 is 15.9 Å². The molecular formula is C15H15BrN2O6S. The highest BCUT2D eigenvalue weighted by Crippen LogP contribution is 2.29. The predicted octanol–water partition coefficient (Wildman–Crippen LogP) is 2.85. The molecule has 8 nitrogen and oxygen atoms in total. The van der Waals surface area contributed by atoms with Crippen LogP contribution < -0.4 is 14.2 Å². The van der Waals surface area contributed by atoms with E-state index in [0.29, 0.717) is 11.3 Å². The van der Waals surface area contributed by atoms with Crippen molar-refractivity contribution in [2.45, 2.75) is 11.4 Å². The van der Waals surface area contributed by atoms with Gasteiger partial charge in [0.1, 0.15) is 11.5 Å². The minimum atomic E-state index is -4.12. The molecule has 10 heteroatoms. The number of rotatable bonds is 7. The van der Waals surface area contributed by atoms with Crippen LogP contribution in [-0.2, 0) is 16.6 Å². The first-order valence-corrected chi connectivity index (χ1v) is 9.20. The molecule has 0 aliphatic heterocycles. The molecule has 0 aliphatic rings. The molecule has 0 fully saturated rings. The molecule has 2 aromatic rings. The fourth-order valence-corrected chi connectivity index (χ4v) is 3.70. The van der Waals surface area contributed by atoms with Crippen molar-refractivity contribution in [2.24, 2.45) is 0 Å². The second-order valence-electron chi connectivity index (χ2n) is 4.87. The summed E-state index contributed by atoms with van der Waals surface area (Å²) in [6.45, 7) is -0.0892. The van der Waals surface area contributed by atoms with Gasteiger partial charge in [0.25, 0.3) is 5.69 Å². The van der Waals surface area contributed by atoms with Crippen molar-refractivity contribution in [1.82, 2.24) is 4.72 Å². The van der Waals surface area contributed by atoms with Gasteiger partial charge in [0.15, 0.2) is 4.90 Å². The SMILES string of the molecule is COc1ccc(S(=O)(=O)NCc2cc(Br)ccc2OC)c([N+](=O)[O-])c1. The highest BCUT2D eigenvalue weighted by molar-refractivity contribution is 9.10. The van der Waals surface area contributed by atoms with E-state index >= 15 is 0 Å². The largest absolute Gasteiger partial charge is 0.497 e. The zero-order valence-corrected chi connectivity index (χ0v) is 15.8. The molecule has 0 unspecified atom stereocenters. The van der Waals surface area contributed by atoms with Crippen molar-refractivity contribution in [3.63, 3.8) is 0 Å². The molecule has 0 aliphatic carbocycles. The summed E-state index contributed by atoms with van der Waals surface area (Å²) < 4.78 is 38.2. The predicted molar refractivity (Wildman–Crippen MR) is 94.4 cm³/mol. The fourth-order valence-electron chi connectivity index (χ4n) is 2.13. The van der Waals surface area contributed by atoms with E-state index in [0.717, 1.165) is 16.6 Å². The molecule has 2 aromatic carbocycles. The lowest BCUT2D eigenvalue weighted by Gasteiger charge is -2.11. The standard InChI is InChI=1S/C15H15BrN2O6S/c1-23-12-4-6-15(13(8-12)18(19)20)25(21,22)17-9-10-7-11(16)3-5-14(10)24-2/h3-8,17H,9H2,1-2H3. The normalized spacial score (nSPS) is 11.2. The van der Waals surface area contributed by atoms with E-state index in [1.807, 2.05) is 0 Å². The lowest BCUT2D eigenvalue weighted by molar-refractivity contribution is -0.387. The van der Waals surface area contributed by atoms with Gasteiger partial charge in [-0.05, 0) is 30.3 Å². The Morgan fingerprint density at radius 1 is 1.16 bits per heavy atom. The van der Waals surface area contributed by atoms with E-state index in [9.17, 15) is 18.5 Å². The van der Waals surface area contributed by atoms with Crippen LogP contribution in [0.1, 0.15) is 5.56 Å². The van der Waals surface area contributed by atoms with Crippen molar-refractivity contribution in [2.75, 3.05) is 14.2 Å². The zero-order valence-electron chi connectivity index (χ0n) is 13.4. The van der Waals surface area contributed by atoms with Gasteiger partial charge in [0, 0.05) is 16.6 Å². The average Bonchev–Trinajstić information content (AvgIpc) is 2.59. The van der Waals surface area contributed by atoms with Crippen molar-refractivity contribution in [3.8, 4) is 11.5 Å². The lowest BCUT2D eigenvalue weighted by atomic mass is 10.2. The van der Waals surface area contributed by atoms with Crippen molar-refractivity contribution >= 4 is 31.6 Å². The third-order valence-electron chi connectivity index (χ3n) is 3.35. The maximum atomic E-state index is 12.5. The minimum Gasteiger partial charge on any atom is -0.497 e. The van der Waals surface area contributed by atoms with Gasteiger partial charge in [-0.15, -0.1) is 0 Å². The Kier molecular flexibility index (Phi) is 5.98. The van der Waals surface area contributed by atoms with Crippen LogP contribution in [0.2, 0.25) is 0 Å². The van der Waals surface area contributed by atoms with Gasteiger partial charge in [0.05, 0.1) is 25.2 Å². The second kappa shape index (κ2) is 7.81. The molecule has 0 saturated heterocycles. The number of nitro benzene ring substituents is 1. The van der Waals surface area contributed by atoms with E-state index < -0.39 is 25.5 Å². The van der Waals surface area contributed by atoms with E-state index in [4.69, 9.17) is 9.47 Å². The number of halogens is 1. The van der Waals surface area contributed by atoms with Crippen molar-refractivity contribution in [1.29, 1.82) is 0 Å². The maximum absolute atomic E-state index is 12.5. The Hall–Kier alpha value is -2.17. The van der Waals surface area contributed by atoms with Gasteiger partial charge in [-0.1, -0.05) is 15.9 Å². The summed E-state index contributed by atoms with van der Waals surface area (Å²) in [4.78, 5) is 9.98. The van der Waals surface area contributed by atoms with E-state index in [2.05, 4.69) is 20.7 Å². The van der Waals surface area contributed by atoms with Crippen LogP contribution in [0.15, 0.2) is 45.8 Å². The third-order valence-corrected chi connectivity index (χ3v) is 5.29. The van der Waals surface area contributed by atoms with Gasteiger partial charge in [-0.3, -0.25) is 10.1 Å². The Morgan fingerprint density at radius 2 is 1.88 bits per heavy atom. The first-order chi connectivity index (χ1) is 11.8. The number of nitrogens with zero attached hydrogens (tertiary/aromatic N) is 1. The molecule has 0 saturated carbocycles. The van der Waals surface area contributed by atoms with Crippen molar-refractivity contribution < 1.29 is 22.8 Å². The number of hydrogen-bond acceptors (Lipinski definition) is 6. The van der Waals surface area contributed by atoms with E-state index in [1.54, 1.807) is 18.2 Å². The highest BCUT2D eigenvalue weighted by atomic mass is 79.9. The number of nitro groups is 1. The van der Waals surface area contributed by atoms with E-state index in [1.165, 1.54) is 20.3 Å². The van der Waals surface area contributed by atoms with Gasteiger partial charge >= 0.3 is 0 Å². The van der Waals surface area contributed by atoms with Crippen LogP contribution in [-0.4, -0.2) is 27.6 Å². The summed E-state index contributed by atoms with van der Waals surface area (Å²) >= 11 is 3.30. The highest BCUT2D eigenvalue weighted by Gasteiger charge is 2.26. The number of ether oxygens (including phenoxy) is 2. The molecule has 0 bridgehead atoms. The molecule has 0 amide bonds. The topological polar surface area (TPSA) is 108 Å². The maximum Gasteiger partial charge on any atom is 0.293 e. The molecular weight excluding hydrogens is 416 g/mol. The first kappa shape index (κ1) is 19.2. The van der Waals surface area contributed by atoms with Crippen LogP contribution in [0.25, 0.3) is 0 Å². The summed E-state index contributed by atoms with van der Waals surface area (Å²) in [6.07, 6.45) is 0. The fraction of sp³-hybridized carbons (Fsp3) is 0.200. The number of benzene rings is 2. The Balaban J connectivity index is 2.34. The summed E-state index contributed by atoms with van der Waals surface area (Å²) in [6, 6.07) is 8.69. The Bertz CT molecular complexity index is 901. The number of nitrogens with one attached hydrogen (secondary N) is 1. The first-order valence-electron chi connectivity index (χ1n) is 6.93. The summed E-state index contributed by atoms with van der Waals surface area (Å²) in [5.41, 5.74) is 0.0182. The van der Waals surface area contributed by atoms with Crippen LogP contribution in [0.5, 0.6) is 11.5 Å². The molecule has 0 radical (unpaired) electrons. The zero-order chi connectivity index (χ0) is 18.6. The summed E-state index contributed by atoms with van der Waals surface area (Å²) in [5.74, 6) is 0.689. The molecule has 1 N–H and O–H groups in total. The number of sulfonamides is 1. The Morgan fingerprint density at radius 3 is 2.48 bits per heavy atom. The molecule has 25 heavy (non-hydrogen) atoms. The van der Waals surface area contributed by atoms with Crippen LogP contribution in [0.4, 0.5) is 5.69 Å². The lowest BCUT2D eigenvalue weighted by Crippen LogP contribution is -2.24. The summed E-state index contributed by atoms with van der Waals surface area (Å²) in [5, 5.41) is 11.2. The molecule has 0 heterocycles. The van der Waals surface area contributed by atoms with Gasteiger partial charge in [-0.25, -0.2) is 13.1 Å². The van der Waals surface area contributed by atoms with Gasteiger partial charge < -0.3 is 9.47 Å². The Labute approximate surface area is 153 Å². The van der Waals surface area contributed by atoms with Crippen LogP contribution in [0.3, 0.4) is 0 Å². The van der Waals surface area contributed by atoms with Gasteiger partial charge in [-0.2, -0.15) is 0 Å². The molecule has 2 rings (SSSR count). The average molecular weight is 431 g/mol. The number of hydrogen-bond donors (Lipinski definition) is 1. The molecule has 0 aromatic heterocycles. The second-order valence-corrected chi connectivity index (χ2v) is 7.52. The molecule has 134 valence electrons. The number of methoxy groups -OCH3 is 2. The molecule has 0 spiro atoms. The third kappa shape index (κ3) is 4.47. The van der Waals surface area contributed by atoms with Gasteiger partial charge in [0.2, 0.25) is 10.0 Å². The van der Waals surface area contributed by atoms with Crippen LogP contribution in [0, 0.1) is 10.1 Å².